The smallest absolute Gasteiger partial charge is 0.472 e. The minimum absolute atomic E-state index is 0.136. The van der Waals surface area contributed by atoms with E-state index in [9.17, 15) is 34.1 Å². The molecule has 0 heterocycles. The third-order valence-corrected chi connectivity index (χ3v) is 10.9. The number of esters is 1. The maximum atomic E-state index is 12.2. The average molecular weight is 830 g/mol. The van der Waals surface area contributed by atoms with Crippen LogP contribution in [0.15, 0.2) is 24.3 Å². The molecule has 0 aliphatic heterocycles. The van der Waals surface area contributed by atoms with Crippen LogP contribution < -0.4 is 5.32 Å². The molecule has 0 saturated carbocycles. The highest BCUT2D eigenvalue weighted by atomic mass is 31.2. The molecule has 0 spiro atoms. The van der Waals surface area contributed by atoms with Crippen LogP contribution in [0.2, 0.25) is 0 Å². The monoisotopic (exact) mass is 830 g/mol. The van der Waals surface area contributed by atoms with Crippen molar-refractivity contribution < 1.29 is 47.8 Å². The summed E-state index contributed by atoms with van der Waals surface area (Å²) in [5.74, 6) is -2.38. The van der Waals surface area contributed by atoms with Crippen molar-refractivity contribution in [1.82, 2.24) is 5.32 Å². The lowest BCUT2D eigenvalue weighted by atomic mass is 10.0. The number of allylic oxidation sites excluding steroid dienone is 4. The van der Waals surface area contributed by atoms with Gasteiger partial charge in [0.25, 0.3) is 0 Å². The second-order valence-electron chi connectivity index (χ2n) is 15.6. The molecule has 0 radical (unpaired) electrons. The molecule has 0 aliphatic rings. The minimum atomic E-state index is -4.75. The second-order valence-corrected chi connectivity index (χ2v) is 17.0. The summed E-state index contributed by atoms with van der Waals surface area (Å²) < 4.78 is 26.8. The number of carbonyl (C=O) groups excluding carboxylic acids is 2. The third kappa shape index (κ3) is 40.5. The number of aliphatic hydroxyl groups is 1. The van der Waals surface area contributed by atoms with Crippen LogP contribution in [0.5, 0.6) is 0 Å². The van der Waals surface area contributed by atoms with Crippen molar-refractivity contribution in [2.45, 2.75) is 225 Å². The van der Waals surface area contributed by atoms with Gasteiger partial charge in [0, 0.05) is 12.8 Å². The number of phosphoric ester groups is 1. The van der Waals surface area contributed by atoms with Crippen LogP contribution in [0, 0.1) is 0 Å². The normalized spacial score (nSPS) is 13.9. The molecule has 334 valence electrons. The van der Waals surface area contributed by atoms with Crippen molar-refractivity contribution in [3.05, 3.63) is 24.3 Å². The van der Waals surface area contributed by atoms with Crippen molar-refractivity contribution in [1.29, 1.82) is 0 Å². The maximum Gasteiger partial charge on any atom is 0.472 e. The Labute approximate surface area is 347 Å². The molecule has 1 amide bonds. The number of aliphatic carboxylic acids is 1. The fourth-order valence-electron chi connectivity index (χ4n) is 6.37. The first-order chi connectivity index (χ1) is 27.6. The van der Waals surface area contributed by atoms with Crippen LogP contribution in [-0.4, -0.2) is 64.9 Å². The predicted molar refractivity (Wildman–Crippen MR) is 231 cm³/mol. The molecular weight excluding hydrogens is 745 g/mol. The first-order valence-electron chi connectivity index (χ1n) is 22.9. The molecule has 0 rings (SSSR count). The van der Waals surface area contributed by atoms with Crippen molar-refractivity contribution in [3.8, 4) is 0 Å². The predicted octanol–water partition coefficient (Wildman–Crippen LogP) is 11.8. The molecule has 11 nitrogen and oxygen atoms in total. The fourth-order valence-corrected chi connectivity index (χ4v) is 7.14. The lowest BCUT2D eigenvalue weighted by Crippen LogP contribution is -2.43. The number of carboxylic acids is 1. The van der Waals surface area contributed by atoms with Gasteiger partial charge in [-0.1, -0.05) is 167 Å². The van der Waals surface area contributed by atoms with Crippen molar-refractivity contribution in [2.75, 3.05) is 19.8 Å². The topological polar surface area (TPSA) is 169 Å². The van der Waals surface area contributed by atoms with E-state index in [-0.39, 0.29) is 12.8 Å². The summed E-state index contributed by atoms with van der Waals surface area (Å²) in [4.78, 5) is 45.8. The van der Waals surface area contributed by atoms with Crippen molar-refractivity contribution in [2.24, 2.45) is 0 Å². The number of amides is 1. The van der Waals surface area contributed by atoms with Gasteiger partial charge in [0.1, 0.15) is 12.7 Å². The molecule has 12 heteroatoms. The number of carbonyl (C=O) groups is 3. The molecule has 4 N–H and O–H groups in total. The van der Waals surface area contributed by atoms with Gasteiger partial charge in [0.15, 0.2) is 6.04 Å². The number of unbranched alkanes of at least 4 members (excludes halogenated alkanes) is 25. The summed E-state index contributed by atoms with van der Waals surface area (Å²) in [5.41, 5.74) is 0. The summed E-state index contributed by atoms with van der Waals surface area (Å²) in [7, 11) is -4.75. The number of nitrogens with one attached hydrogen (secondary N) is 1. The van der Waals surface area contributed by atoms with Gasteiger partial charge in [0.2, 0.25) is 5.91 Å². The Morgan fingerprint density at radius 1 is 0.544 bits per heavy atom. The lowest BCUT2D eigenvalue weighted by molar-refractivity contribution is -0.147. The molecule has 0 aliphatic carbocycles. The maximum absolute atomic E-state index is 12.2. The number of ether oxygens (including phenoxy) is 1. The molecule has 0 aromatic carbocycles. The quantitative estimate of drug-likeness (QED) is 0.0201. The van der Waals surface area contributed by atoms with Gasteiger partial charge < -0.3 is 25.2 Å². The standard InChI is InChI=1S/C45H84NO10P/c1-3-5-7-9-11-13-15-16-17-18-19-20-21-22-23-24-25-26-27-29-31-33-35-37-44(49)54-38-41(47)39-55-57(52,53)56-40-42(45(50)51)46-43(48)36-34-32-30-28-14-12-10-8-6-4-2/h8,10,16-17,41-42,47H,3-7,9,11-15,18-40H2,1-2H3,(H,46,48)(H,50,51)(H,52,53)/b10-8-,17-16+. The van der Waals surface area contributed by atoms with E-state index in [1.54, 1.807) is 0 Å². The first kappa shape index (κ1) is 55.0. The van der Waals surface area contributed by atoms with E-state index in [4.69, 9.17) is 13.8 Å². The lowest BCUT2D eigenvalue weighted by Gasteiger charge is -2.18. The Kier molecular flexibility index (Phi) is 39.3. The Morgan fingerprint density at radius 2 is 0.947 bits per heavy atom. The van der Waals surface area contributed by atoms with Gasteiger partial charge in [-0.2, -0.15) is 0 Å². The van der Waals surface area contributed by atoms with Gasteiger partial charge in [-0.05, 0) is 57.8 Å². The molecule has 0 aromatic heterocycles. The second kappa shape index (κ2) is 40.7. The zero-order valence-electron chi connectivity index (χ0n) is 36.2. The summed E-state index contributed by atoms with van der Waals surface area (Å²) in [6.07, 6.45) is 42.3. The van der Waals surface area contributed by atoms with Gasteiger partial charge in [-0.15, -0.1) is 0 Å². The fraction of sp³-hybridized carbons (Fsp3) is 0.844. The van der Waals surface area contributed by atoms with E-state index in [1.165, 1.54) is 109 Å². The molecule has 0 fully saturated rings. The van der Waals surface area contributed by atoms with Crippen LogP contribution >= 0.6 is 7.82 Å². The molecular formula is C45H84NO10P. The highest BCUT2D eigenvalue weighted by molar-refractivity contribution is 7.47. The van der Waals surface area contributed by atoms with Gasteiger partial charge >= 0.3 is 19.8 Å². The van der Waals surface area contributed by atoms with E-state index in [0.717, 1.165) is 64.2 Å². The molecule has 0 bridgehead atoms. The van der Waals surface area contributed by atoms with Gasteiger partial charge in [-0.25, -0.2) is 9.36 Å². The summed E-state index contributed by atoms with van der Waals surface area (Å²) in [5, 5.41) is 21.8. The van der Waals surface area contributed by atoms with Crippen LogP contribution in [0.4, 0.5) is 0 Å². The highest BCUT2D eigenvalue weighted by Gasteiger charge is 2.28. The van der Waals surface area contributed by atoms with Gasteiger partial charge in [-0.3, -0.25) is 18.6 Å². The number of hydrogen-bond donors (Lipinski definition) is 4. The van der Waals surface area contributed by atoms with E-state index >= 15 is 0 Å². The van der Waals surface area contributed by atoms with Crippen LogP contribution in [0.25, 0.3) is 0 Å². The van der Waals surface area contributed by atoms with E-state index in [1.807, 2.05) is 0 Å². The number of phosphoric acid groups is 1. The van der Waals surface area contributed by atoms with Crippen LogP contribution in [0.3, 0.4) is 0 Å². The number of rotatable bonds is 43. The number of aliphatic hydroxyl groups excluding tert-OH is 1. The Hall–Kier alpha value is -2.04. The summed E-state index contributed by atoms with van der Waals surface area (Å²) >= 11 is 0. The van der Waals surface area contributed by atoms with Crippen LogP contribution in [0.1, 0.15) is 213 Å². The Morgan fingerprint density at radius 3 is 1.40 bits per heavy atom. The molecule has 57 heavy (non-hydrogen) atoms. The minimum Gasteiger partial charge on any atom is -0.480 e. The SMILES string of the molecule is CCC/C=C\CCCCCCCC(=O)NC(COP(=O)(O)OCC(O)COC(=O)CCCCCCCCCCCCCCC/C=C/CCCCCCCC)C(=O)O. The van der Waals surface area contributed by atoms with Crippen LogP contribution in [-0.2, 0) is 32.7 Å². The average Bonchev–Trinajstić information content (AvgIpc) is 3.18. The van der Waals surface area contributed by atoms with Gasteiger partial charge in [0.05, 0.1) is 13.2 Å². The van der Waals surface area contributed by atoms with Crippen molar-refractivity contribution >= 4 is 25.7 Å². The third-order valence-electron chi connectivity index (χ3n) is 9.94. The number of carboxylic acid groups (broad SMARTS) is 1. The zero-order chi connectivity index (χ0) is 42.1. The first-order valence-corrected chi connectivity index (χ1v) is 24.4. The van der Waals surface area contributed by atoms with E-state index in [2.05, 4.69) is 43.5 Å². The van der Waals surface area contributed by atoms with E-state index in [0.29, 0.717) is 12.8 Å². The summed E-state index contributed by atoms with van der Waals surface area (Å²) in [6.45, 7) is 2.52. The highest BCUT2D eigenvalue weighted by Crippen LogP contribution is 2.43. The Bertz CT molecular complexity index is 1070. The molecule has 0 aromatic rings. The van der Waals surface area contributed by atoms with Crippen molar-refractivity contribution in [3.63, 3.8) is 0 Å². The number of hydrogen-bond acceptors (Lipinski definition) is 8. The zero-order valence-corrected chi connectivity index (χ0v) is 37.0. The largest absolute Gasteiger partial charge is 0.480 e. The summed E-state index contributed by atoms with van der Waals surface area (Å²) in [6, 6.07) is -1.55. The Balaban J connectivity index is 3.77. The van der Waals surface area contributed by atoms with E-state index < -0.39 is 57.6 Å². The molecule has 0 saturated heterocycles. The molecule has 3 unspecified atom stereocenters. The molecule has 3 atom stereocenters.